The van der Waals surface area contributed by atoms with E-state index in [1.807, 2.05) is 18.9 Å². The molecule has 112 valence electrons. The summed E-state index contributed by atoms with van der Waals surface area (Å²) in [4.78, 5) is 20.8. The van der Waals surface area contributed by atoms with E-state index in [0.717, 1.165) is 31.1 Å². The van der Waals surface area contributed by atoms with Crippen molar-refractivity contribution in [2.75, 3.05) is 44.4 Å². The van der Waals surface area contributed by atoms with Crippen LogP contribution in [0.5, 0.6) is 0 Å². The lowest BCUT2D eigenvalue weighted by atomic mass is 10.2. The highest BCUT2D eigenvalue weighted by atomic mass is 32.1. The van der Waals surface area contributed by atoms with E-state index in [1.165, 1.54) is 11.3 Å². The molecule has 2 heterocycles. The summed E-state index contributed by atoms with van der Waals surface area (Å²) in [5.41, 5.74) is 5.87. The molecule has 1 saturated heterocycles. The maximum Gasteiger partial charge on any atom is 0.267 e. The van der Waals surface area contributed by atoms with Gasteiger partial charge in [0.1, 0.15) is 10.7 Å². The highest BCUT2D eigenvalue weighted by molar-refractivity contribution is 7.18. The molecule has 1 aliphatic heterocycles. The Labute approximate surface area is 123 Å². The minimum atomic E-state index is -0.0775. The van der Waals surface area contributed by atoms with Crippen LogP contribution in [0.2, 0.25) is 0 Å². The molecule has 6 nitrogen and oxygen atoms in total. The van der Waals surface area contributed by atoms with Gasteiger partial charge in [0, 0.05) is 33.8 Å². The Kier molecular flexibility index (Phi) is 4.82. The Bertz CT molecular complexity index is 471. The van der Waals surface area contributed by atoms with Gasteiger partial charge >= 0.3 is 0 Å². The van der Waals surface area contributed by atoms with Crippen molar-refractivity contribution in [2.24, 2.45) is 0 Å². The molecular weight excluding hydrogens is 276 g/mol. The third-order valence-corrected chi connectivity index (χ3v) is 4.66. The molecule has 1 amide bonds. The fraction of sp³-hybridized carbons (Fsp3) is 0.692. The van der Waals surface area contributed by atoms with Crippen LogP contribution in [0.1, 0.15) is 29.4 Å². The number of amides is 1. The summed E-state index contributed by atoms with van der Waals surface area (Å²) in [5, 5.41) is 0.777. The van der Waals surface area contributed by atoms with Gasteiger partial charge in [-0.1, -0.05) is 11.3 Å². The van der Waals surface area contributed by atoms with Crippen molar-refractivity contribution in [1.82, 2.24) is 9.88 Å². The van der Waals surface area contributed by atoms with Crippen molar-refractivity contribution in [3.63, 3.8) is 0 Å². The van der Waals surface area contributed by atoms with E-state index in [0.29, 0.717) is 17.2 Å². The van der Waals surface area contributed by atoms with Crippen molar-refractivity contribution in [1.29, 1.82) is 0 Å². The molecule has 0 bridgehead atoms. The van der Waals surface area contributed by atoms with Gasteiger partial charge in [0.05, 0.1) is 6.10 Å². The highest BCUT2D eigenvalue weighted by Crippen LogP contribution is 2.28. The number of nitrogens with zero attached hydrogens (tertiary/aromatic N) is 3. The highest BCUT2D eigenvalue weighted by Gasteiger charge is 2.24. The second-order valence-corrected chi connectivity index (χ2v) is 6.02. The minimum absolute atomic E-state index is 0.0775. The molecule has 0 aromatic carbocycles. The van der Waals surface area contributed by atoms with Crippen molar-refractivity contribution >= 4 is 28.2 Å². The Morgan fingerprint density at radius 3 is 2.90 bits per heavy atom. The fourth-order valence-electron chi connectivity index (χ4n) is 2.12. The molecule has 0 spiro atoms. The van der Waals surface area contributed by atoms with E-state index in [4.69, 9.17) is 10.5 Å². The Hall–Kier alpha value is -1.34. The monoisotopic (exact) mass is 298 g/mol. The third-order valence-electron chi connectivity index (χ3n) is 3.49. The summed E-state index contributed by atoms with van der Waals surface area (Å²) in [7, 11) is 3.72. The molecule has 1 aromatic heterocycles. The topological polar surface area (TPSA) is 71.7 Å². The van der Waals surface area contributed by atoms with E-state index in [2.05, 4.69) is 4.98 Å². The van der Waals surface area contributed by atoms with Crippen molar-refractivity contribution in [3.8, 4) is 0 Å². The lowest BCUT2D eigenvalue weighted by Gasteiger charge is -2.20. The van der Waals surface area contributed by atoms with Gasteiger partial charge in [-0.3, -0.25) is 4.79 Å². The summed E-state index contributed by atoms with van der Waals surface area (Å²) in [6.45, 7) is 4.25. The molecule has 2 N–H and O–H groups in total. The first-order valence-electron chi connectivity index (χ1n) is 6.87. The minimum Gasteiger partial charge on any atom is -0.382 e. The van der Waals surface area contributed by atoms with E-state index in [9.17, 15) is 4.79 Å². The molecule has 1 unspecified atom stereocenters. The van der Waals surface area contributed by atoms with Crippen LogP contribution in [0, 0.1) is 0 Å². The molecule has 0 saturated carbocycles. The number of carbonyl (C=O) groups excluding carboxylic acids is 1. The predicted octanol–water partition coefficient (Wildman–Crippen LogP) is 1.43. The molecule has 1 fully saturated rings. The quantitative estimate of drug-likeness (QED) is 0.890. The third kappa shape index (κ3) is 3.21. The van der Waals surface area contributed by atoms with Crippen LogP contribution in [0.3, 0.4) is 0 Å². The zero-order valence-electron chi connectivity index (χ0n) is 12.3. The van der Waals surface area contributed by atoms with Crippen molar-refractivity contribution in [2.45, 2.75) is 25.9 Å². The number of aromatic nitrogens is 1. The summed E-state index contributed by atoms with van der Waals surface area (Å²) >= 11 is 1.34. The molecular formula is C13H22N4O2S. The number of nitrogens with two attached hydrogens (primary N) is 1. The van der Waals surface area contributed by atoms with Gasteiger partial charge in [-0.25, -0.2) is 4.98 Å². The zero-order valence-corrected chi connectivity index (χ0v) is 13.1. The Morgan fingerprint density at radius 2 is 2.30 bits per heavy atom. The normalized spacial score (nSPS) is 18.2. The standard InChI is InChI=1S/C13H22N4O2S/c1-4-16(2)13-15-11(14)10(20-13)12(18)17(3)8-9-6-5-7-19-9/h9H,4-8,14H2,1-3H3. The average molecular weight is 298 g/mol. The predicted molar refractivity (Wildman–Crippen MR) is 81.4 cm³/mol. The van der Waals surface area contributed by atoms with Crippen LogP contribution in [-0.2, 0) is 4.74 Å². The van der Waals surface area contributed by atoms with E-state index in [1.54, 1.807) is 11.9 Å². The molecule has 7 heteroatoms. The summed E-state index contributed by atoms with van der Waals surface area (Å²) in [5.74, 6) is 0.237. The number of hydrogen-bond acceptors (Lipinski definition) is 6. The Morgan fingerprint density at radius 1 is 1.55 bits per heavy atom. The lowest BCUT2D eigenvalue weighted by molar-refractivity contribution is 0.0591. The van der Waals surface area contributed by atoms with Gasteiger partial charge in [-0.05, 0) is 19.8 Å². The van der Waals surface area contributed by atoms with Crippen molar-refractivity contribution < 1.29 is 9.53 Å². The second kappa shape index (κ2) is 6.41. The van der Waals surface area contributed by atoms with Gasteiger partial charge in [0.2, 0.25) is 0 Å². The van der Waals surface area contributed by atoms with Crippen LogP contribution in [0.25, 0.3) is 0 Å². The molecule has 0 radical (unpaired) electrons. The van der Waals surface area contributed by atoms with Crippen LogP contribution >= 0.6 is 11.3 Å². The van der Waals surface area contributed by atoms with Crippen LogP contribution in [0.4, 0.5) is 10.9 Å². The summed E-state index contributed by atoms with van der Waals surface area (Å²) in [6, 6.07) is 0. The molecule has 1 atom stereocenters. The Balaban J connectivity index is 2.05. The van der Waals surface area contributed by atoms with Crippen LogP contribution in [0.15, 0.2) is 0 Å². The summed E-state index contributed by atoms with van der Waals surface area (Å²) in [6.07, 6.45) is 2.23. The average Bonchev–Trinajstić information content (AvgIpc) is 3.06. The first-order chi connectivity index (χ1) is 9.52. The van der Waals surface area contributed by atoms with Gasteiger partial charge in [-0.2, -0.15) is 0 Å². The number of thiazole rings is 1. The maximum absolute atomic E-state index is 12.4. The lowest BCUT2D eigenvalue weighted by Crippen LogP contribution is -2.34. The van der Waals surface area contributed by atoms with E-state index >= 15 is 0 Å². The number of hydrogen-bond donors (Lipinski definition) is 1. The number of anilines is 2. The van der Waals surface area contributed by atoms with Gasteiger partial charge < -0.3 is 20.3 Å². The smallest absolute Gasteiger partial charge is 0.267 e. The summed E-state index contributed by atoms with van der Waals surface area (Å²) < 4.78 is 5.56. The molecule has 1 aromatic rings. The van der Waals surface area contributed by atoms with Crippen molar-refractivity contribution in [3.05, 3.63) is 4.88 Å². The largest absolute Gasteiger partial charge is 0.382 e. The SMILES string of the molecule is CCN(C)c1nc(N)c(C(=O)N(C)CC2CCCO2)s1. The molecule has 1 aliphatic rings. The number of carbonyl (C=O) groups is 1. The van der Waals surface area contributed by atoms with Crippen LogP contribution < -0.4 is 10.6 Å². The zero-order chi connectivity index (χ0) is 14.7. The molecule has 20 heavy (non-hydrogen) atoms. The molecule has 0 aliphatic carbocycles. The number of rotatable bonds is 5. The fourth-order valence-corrected chi connectivity index (χ4v) is 3.13. The van der Waals surface area contributed by atoms with Gasteiger partial charge in [-0.15, -0.1) is 0 Å². The number of likely N-dealkylation sites (N-methyl/N-ethyl adjacent to an activating group) is 1. The maximum atomic E-state index is 12.4. The van der Waals surface area contributed by atoms with E-state index in [-0.39, 0.29) is 12.0 Å². The van der Waals surface area contributed by atoms with Crippen LogP contribution in [-0.4, -0.2) is 55.7 Å². The first-order valence-corrected chi connectivity index (χ1v) is 7.69. The van der Waals surface area contributed by atoms with Gasteiger partial charge in [0.25, 0.3) is 5.91 Å². The molecule has 2 rings (SSSR count). The second-order valence-electron chi connectivity index (χ2n) is 5.05. The number of ether oxygens (including phenoxy) is 1. The van der Waals surface area contributed by atoms with E-state index < -0.39 is 0 Å². The number of nitrogen functional groups attached to an aromatic ring is 1. The van der Waals surface area contributed by atoms with Gasteiger partial charge in [0.15, 0.2) is 5.13 Å². The first kappa shape index (κ1) is 15.1.